The lowest BCUT2D eigenvalue weighted by atomic mass is 9.76. The molecule has 0 bridgehead atoms. The van der Waals surface area contributed by atoms with Gasteiger partial charge >= 0.3 is 0 Å². The Morgan fingerprint density at radius 1 is 1.32 bits per heavy atom. The average molecular weight is 263 g/mol. The van der Waals surface area contributed by atoms with Gasteiger partial charge in [-0.15, -0.1) is 0 Å². The molecule has 4 atom stereocenters. The highest BCUT2D eigenvalue weighted by Gasteiger charge is 2.35. The van der Waals surface area contributed by atoms with Gasteiger partial charge in [-0.05, 0) is 57.6 Å². The van der Waals surface area contributed by atoms with Gasteiger partial charge in [-0.25, -0.2) is 0 Å². The maximum atomic E-state index is 4.74. The number of hydrogen-bond acceptors (Lipinski definition) is 2. The van der Waals surface area contributed by atoms with Gasteiger partial charge in [-0.3, -0.25) is 4.68 Å². The highest BCUT2D eigenvalue weighted by Crippen LogP contribution is 2.37. The summed E-state index contributed by atoms with van der Waals surface area (Å²) in [5, 5.41) is 8.50. The van der Waals surface area contributed by atoms with E-state index in [1.165, 1.54) is 25.0 Å². The number of nitrogens with zero attached hydrogens (tertiary/aromatic N) is 2. The van der Waals surface area contributed by atoms with Crippen LogP contribution in [-0.4, -0.2) is 22.4 Å². The second-order valence-corrected chi connectivity index (χ2v) is 6.48. The Kier molecular flexibility index (Phi) is 4.67. The van der Waals surface area contributed by atoms with Crippen LogP contribution in [0.2, 0.25) is 0 Å². The van der Waals surface area contributed by atoms with E-state index in [0.717, 1.165) is 18.2 Å². The molecule has 0 aliphatic heterocycles. The summed E-state index contributed by atoms with van der Waals surface area (Å²) < 4.78 is 2.28. The quantitative estimate of drug-likeness (QED) is 0.901. The maximum absolute atomic E-state index is 4.74. The summed E-state index contributed by atoms with van der Waals surface area (Å²) in [5.41, 5.74) is 2.43. The van der Waals surface area contributed by atoms with Crippen molar-refractivity contribution >= 4 is 0 Å². The third-order valence-electron chi connectivity index (χ3n) is 4.41. The van der Waals surface area contributed by atoms with E-state index in [0.29, 0.717) is 18.0 Å². The zero-order valence-electron chi connectivity index (χ0n) is 13.1. The number of aryl methyl sites for hydroxylation is 2. The number of nitrogens with one attached hydrogen (secondary N) is 1. The largest absolute Gasteiger partial charge is 0.312 e. The van der Waals surface area contributed by atoms with Gasteiger partial charge in [0.2, 0.25) is 0 Å². The fourth-order valence-corrected chi connectivity index (χ4v) is 3.73. The van der Waals surface area contributed by atoms with Crippen LogP contribution in [0.5, 0.6) is 0 Å². The van der Waals surface area contributed by atoms with Crippen molar-refractivity contribution < 1.29 is 0 Å². The Bertz CT molecular complexity index is 410. The highest BCUT2D eigenvalue weighted by atomic mass is 15.3. The molecule has 1 heterocycles. The van der Waals surface area contributed by atoms with Crippen LogP contribution in [0.1, 0.15) is 57.5 Å². The van der Waals surface area contributed by atoms with Crippen molar-refractivity contribution in [1.29, 1.82) is 0 Å². The van der Waals surface area contributed by atoms with Gasteiger partial charge in [0.05, 0.1) is 11.7 Å². The van der Waals surface area contributed by atoms with Gasteiger partial charge in [0.1, 0.15) is 0 Å². The monoisotopic (exact) mass is 263 g/mol. The van der Waals surface area contributed by atoms with Crippen molar-refractivity contribution in [2.45, 2.75) is 66.0 Å². The van der Waals surface area contributed by atoms with Crippen molar-refractivity contribution in [3.8, 4) is 0 Å². The zero-order valence-corrected chi connectivity index (χ0v) is 13.1. The molecular formula is C16H29N3. The molecule has 0 saturated heterocycles. The minimum atomic E-state index is 0.511. The van der Waals surface area contributed by atoms with Crippen LogP contribution in [-0.2, 0) is 0 Å². The van der Waals surface area contributed by atoms with Gasteiger partial charge < -0.3 is 5.32 Å². The van der Waals surface area contributed by atoms with E-state index in [4.69, 9.17) is 5.10 Å². The Hall–Kier alpha value is -0.830. The first kappa shape index (κ1) is 14.6. The van der Waals surface area contributed by atoms with E-state index in [9.17, 15) is 0 Å². The van der Waals surface area contributed by atoms with Crippen LogP contribution in [0.15, 0.2) is 6.07 Å². The number of aromatic nitrogens is 2. The molecule has 1 N–H and O–H groups in total. The van der Waals surface area contributed by atoms with Crippen LogP contribution in [0.3, 0.4) is 0 Å². The van der Waals surface area contributed by atoms with E-state index in [2.05, 4.69) is 50.7 Å². The summed E-state index contributed by atoms with van der Waals surface area (Å²) >= 11 is 0. The molecule has 108 valence electrons. The smallest absolute Gasteiger partial charge is 0.0700 e. The standard InChI is InChI=1S/C16H29N3/c1-6-7-17-15-9-11(2)8-12(3)16(15)19-14(5)10-13(4)18-19/h10-12,15-17H,6-9H2,1-5H3. The van der Waals surface area contributed by atoms with Crippen LogP contribution in [0.25, 0.3) is 0 Å². The van der Waals surface area contributed by atoms with Gasteiger partial charge in [0, 0.05) is 11.7 Å². The predicted molar refractivity (Wildman–Crippen MR) is 80.4 cm³/mol. The van der Waals surface area contributed by atoms with Crippen molar-refractivity contribution in [1.82, 2.24) is 15.1 Å². The first-order chi connectivity index (χ1) is 9.02. The lowest BCUT2D eigenvalue weighted by Crippen LogP contribution is -2.46. The molecule has 0 spiro atoms. The van der Waals surface area contributed by atoms with Gasteiger partial charge in [0.15, 0.2) is 0 Å². The minimum Gasteiger partial charge on any atom is -0.312 e. The topological polar surface area (TPSA) is 29.9 Å². The van der Waals surface area contributed by atoms with Crippen LogP contribution in [0.4, 0.5) is 0 Å². The predicted octanol–water partition coefficient (Wildman–Crippen LogP) is 3.48. The second-order valence-electron chi connectivity index (χ2n) is 6.48. The van der Waals surface area contributed by atoms with Crippen LogP contribution in [0, 0.1) is 25.7 Å². The molecule has 1 aromatic heterocycles. The molecule has 0 amide bonds. The Balaban J connectivity index is 2.24. The van der Waals surface area contributed by atoms with Crippen molar-refractivity contribution in [3.63, 3.8) is 0 Å². The van der Waals surface area contributed by atoms with Crippen molar-refractivity contribution in [3.05, 3.63) is 17.5 Å². The van der Waals surface area contributed by atoms with E-state index in [-0.39, 0.29) is 0 Å². The fraction of sp³-hybridized carbons (Fsp3) is 0.812. The SMILES string of the molecule is CCCNC1CC(C)CC(C)C1n1nc(C)cc1C. The summed E-state index contributed by atoms with van der Waals surface area (Å²) in [6.07, 6.45) is 3.78. The highest BCUT2D eigenvalue weighted by molar-refractivity contribution is 5.09. The summed E-state index contributed by atoms with van der Waals surface area (Å²) in [6, 6.07) is 3.27. The molecule has 3 heteroatoms. The Labute approximate surface area is 117 Å². The summed E-state index contributed by atoms with van der Waals surface area (Å²) in [7, 11) is 0. The molecule has 1 saturated carbocycles. The first-order valence-electron chi connectivity index (χ1n) is 7.79. The normalized spacial score (nSPS) is 31.6. The zero-order chi connectivity index (χ0) is 14.0. The first-order valence-corrected chi connectivity index (χ1v) is 7.79. The van der Waals surface area contributed by atoms with Crippen LogP contribution >= 0.6 is 0 Å². The summed E-state index contributed by atoms with van der Waals surface area (Å²) in [5.74, 6) is 1.51. The molecule has 1 aliphatic carbocycles. The molecule has 1 aliphatic rings. The van der Waals surface area contributed by atoms with E-state index in [1.54, 1.807) is 0 Å². The van der Waals surface area contributed by atoms with Crippen molar-refractivity contribution in [2.24, 2.45) is 11.8 Å². The third-order valence-corrected chi connectivity index (χ3v) is 4.41. The summed E-state index contributed by atoms with van der Waals surface area (Å²) in [6.45, 7) is 12.4. The molecule has 3 nitrogen and oxygen atoms in total. The lowest BCUT2D eigenvalue weighted by molar-refractivity contribution is 0.141. The molecule has 4 unspecified atom stereocenters. The maximum Gasteiger partial charge on any atom is 0.0700 e. The average Bonchev–Trinajstić information content (AvgIpc) is 2.65. The molecule has 1 fully saturated rings. The molecule has 0 radical (unpaired) electrons. The van der Waals surface area contributed by atoms with E-state index >= 15 is 0 Å². The molecule has 1 aromatic rings. The third kappa shape index (κ3) is 3.19. The molecular weight excluding hydrogens is 234 g/mol. The molecule has 19 heavy (non-hydrogen) atoms. The molecule has 0 aromatic carbocycles. The van der Waals surface area contributed by atoms with Crippen LogP contribution < -0.4 is 5.32 Å². The Morgan fingerprint density at radius 2 is 2.05 bits per heavy atom. The van der Waals surface area contributed by atoms with Gasteiger partial charge in [-0.2, -0.15) is 5.10 Å². The Morgan fingerprint density at radius 3 is 2.63 bits per heavy atom. The minimum absolute atomic E-state index is 0.511. The van der Waals surface area contributed by atoms with Crippen molar-refractivity contribution in [2.75, 3.05) is 6.54 Å². The lowest BCUT2D eigenvalue weighted by Gasteiger charge is -2.40. The second kappa shape index (κ2) is 6.08. The van der Waals surface area contributed by atoms with E-state index in [1.807, 2.05) is 0 Å². The fourth-order valence-electron chi connectivity index (χ4n) is 3.73. The summed E-state index contributed by atoms with van der Waals surface area (Å²) in [4.78, 5) is 0. The van der Waals surface area contributed by atoms with Gasteiger partial charge in [0.25, 0.3) is 0 Å². The van der Waals surface area contributed by atoms with Gasteiger partial charge in [-0.1, -0.05) is 20.8 Å². The molecule has 2 rings (SSSR count). The van der Waals surface area contributed by atoms with E-state index < -0.39 is 0 Å². The number of rotatable bonds is 4. The number of hydrogen-bond donors (Lipinski definition) is 1.